The molecule has 1 N–H and O–H groups in total. The van der Waals surface area contributed by atoms with E-state index < -0.39 is 0 Å². The minimum Gasteiger partial charge on any atom is -0.361 e. The molecule has 1 heterocycles. The minimum absolute atomic E-state index is 0.00708. The van der Waals surface area contributed by atoms with Crippen LogP contribution in [0.3, 0.4) is 0 Å². The highest BCUT2D eigenvalue weighted by Crippen LogP contribution is 2.23. The number of nitrogens with one attached hydrogen (secondary N) is 1. The third-order valence-corrected chi connectivity index (χ3v) is 3.60. The molecule has 1 amide bonds. The predicted octanol–water partition coefficient (Wildman–Crippen LogP) is 3.75. The maximum absolute atomic E-state index is 12.7. The Kier molecular flexibility index (Phi) is 3.03. The smallest absolute Gasteiger partial charge is 0.260 e. The Labute approximate surface area is 117 Å². The lowest BCUT2D eigenvalue weighted by Crippen LogP contribution is -2.27. The van der Waals surface area contributed by atoms with Crippen LogP contribution in [0.25, 0.3) is 10.9 Å². The summed E-state index contributed by atoms with van der Waals surface area (Å²) in [6, 6.07) is 15.6. The van der Waals surface area contributed by atoms with E-state index in [0.29, 0.717) is 5.56 Å². The Morgan fingerprint density at radius 1 is 1.05 bits per heavy atom. The zero-order valence-electron chi connectivity index (χ0n) is 11.6. The highest BCUT2D eigenvalue weighted by molar-refractivity contribution is 6.13. The molecular weight excluding hydrogens is 248 g/mol. The second-order valence-electron chi connectivity index (χ2n) is 4.90. The van der Waals surface area contributed by atoms with Crippen LogP contribution in [0, 0.1) is 6.92 Å². The maximum Gasteiger partial charge on any atom is 0.260 e. The fourth-order valence-corrected chi connectivity index (χ4v) is 2.49. The Hall–Kier alpha value is -2.55. The average Bonchev–Trinajstić information content (AvgIpc) is 2.94. The highest BCUT2D eigenvalue weighted by atomic mass is 16.2. The molecule has 1 aromatic heterocycles. The molecule has 2 aromatic carbocycles. The number of aromatic nitrogens is 1. The first-order chi connectivity index (χ1) is 9.68. The van der Waals surface area contributed by atoms with E-state index in [1.165, 1.54) is 0 Å². The standard InChI is InChI=1S/C17H16N2O/c1-12-6-3-4-9-15(12)19(2)17(20)14-8-5-7-13-10-11-18-16(13)14/h3-11,18H,1-2H3. The number of aryl methyl sites for hydroxylation is 1. The predicted molar refractivity (Wildman–Crippen MR) is 82.2 cm³/mol. The van der Waals surface area contributed by atoms with Crippen molar-refractivity contribution in [2.24, 2.45) is 0 Å². The number of H-pyrrole nitrogens is 1. The molecule has 3 heteroatoms. The number of fused-ring (bicyclic) bond motifs is 1. The van der Waals surface area contributed by atoms with E-state index in [1.54, 1.807) is 4.90 Å². The van der Waals surface area contributed by atoms with Gasteiger partial charge in [0, 0.05) is 24.3 Å². The molecule has 0 saturated heterocycles. The molecule has 0 aliphatic heterocycles. The second-order valence-corrected chi connectivity index (χ2v) is 4.90. The molecule has 20 heavy (non-hydrogen) atoms. The van der Waals surface area contributed by atoms with E-state index in [1.807, 2.05) is 68.7 Å². The second kappa shape index (κ2) is 4.85. The van der Waals surface area contributed by atoms with Gasteiger partial charge in [0.25, 0.3) is 5.91 Å². The molecule has 0 saturated carbocycles. The molecule has 100 valence electrons. The molecule has 3 rings (SSSR count). The van der Waals surface area contributed by atoms with Gasteiger partial charge in [-0.15, -0.1) is 0 Å². The lowest BCUT2D eigenvalue weighted by atomic mass is 10.1. The first-order valence-corrected chi connectivity index (χ1v) is 6.58. The zero-order valence-corrected chi connectivity index (χ0v) is 11.6. The molecule has 0 fully saturated rings. The van der Waals surface area contributed by atoms with Crippen LogP contribution in [0.4, 0.5) is 5.69 Å². The summed E-state index contributed by atoms with van der Waals surface area (Å²) in [5.74, 6) is -0.00708. The van der Waals surface area contributed by atoms with E-state index in [4.69, 9.17) is 0 Å². The van der Waals surface area contributed by atoms with Crippen molar-refractivity contribution in [2.45, 2.75) is 6.92 Å². The molecule has 0 bridgehead atoms. The average molecular weight is 264 g/mol. The summed E-state index contributed by atoms with van der Waals surface area (Å²) in [4.78, 5) is 17.6. The van der Waals surface area contributed by atoms with E-state index in [9.17, 15) is 4.79 Å². The van der Waals surface area contributed by atoms with Gasteiger partial charge in [-0.25, -0.2) is 0 Å². The third-order valence-electron chi connectivity index (χ3n) is 3.60. The number of hydrogen-bond donors (Lipinski definition) is 1. The summed E-state index contributed by atoms with van der Waals surface area (Å²) in [5.41, 5.74) is 3.60. The van der Waals surface area contributed by atoms with Crippen LogP contribution in [0.2, 0.25) is 0 Å². The van der Waals surface area contributed by atoms with Gasteiger partial charge in [0.15, 0.2) is 0 Å². The van der Waals surface area contributed by atoms with Crippen molar-refractivity contribution in [3.05, 3.63) is 65.9 Å². The van der Waals surface area contributed by atoms with Gasteiger partial charge in [-0.3, -0.25) is 4.79 Å². The third kappa shape index (κ3) is 1.97. The van der Waals surface area contributed by atoms with Crippen LogP contribution < -0.4 is 4.90 Å². The molecule has 0 aliphatic rings. The molecule has 0 unspecified atom stereocenters. The summed E-state index contributed by atoms with van der Waals surface area (Å²) in [5, 5.41) is 1.05. The lowest BCUT2D eigenvalue weighted by molar-refractivity contribution is 0.0994. The van der Waals surface area contributed by atoms with Gasteiger partial charge in [0.2, 0.25) is 0 Å². The molecule has 0 atom stereocenters. The summed E-state index contributed by atoms with van der Waals surface area (Å²) in [7, 11) is 1.81. The van der Waals surface area contributed by atoms with Crippen molar-refractivity contribution in [2.75, 3.05) is 11.9 Å². The summed E-state index contributed by atoms with van der Waals surface area (Å²) in [6.45, 7) is 2.01. The first kappa shape index (κ1) is 12.5. The van der Waals surface area contributed by atoms with E-state index in [2.05, 4.69) is 4.98 Å². The molecular formula is C17H16N2O. The molecule has 3 aromatic rings. The summed E-state index contributed by atoms with van der Waals surface area (Å²) >= 11 is 0. The largest absolute Gasteiger partial charge is 0.361 e. The van der Waals surface area contributed by atoms with E-state index >= 15 is 0 Å². The number of nitrogens with zero attached hydrogens (tertiary/aromatic N) is 1. The quantitative estimate of drug-likeness (QED) is 0.751. The molecule has 0 radical (unpaired) electrons. The SMILES string of the molecule is Cc1ccccc1N(C)C(=O)c1cccc2cc[nH]c12. The summed E-state index contributed by atoms with van der Waals surface area (Å²) < 4.78 is 0. The highest BCUT2D eigenvalue weighted by Gasteiger charge is 2.17. The van der Waals surface area contributed by atoms with E-state index in [-0.39, 0.29) is 5.91 Å². The fraction of sp³-hybridized carbons (Fsp3) is 0.118. The number of para-hydroxylation sites is 2. The maximum atomic E-state index is 12.7. The van der Waals surface area contributed by atoms with Crippen molar-refractivity contribution in [3.8, 4) is 0 Å². The van der Waals surface area contributed by atoms with Gasteiger partial charge in [-0.05, 0) is 30.7 Å². The fourth-order valence-electron chi connectivity index (χ4n) is 2.49. The Bertz CT molecular complexity index is 773. The number of aromatic amines is 1. The number of rotatable bonds is 2. The van der Waals surface area contributed by atoms with Crippen molar-refractivity contribution in [1.29, 1.82) is 0 Å². The molecule has 0 spiro atoms. The number of benzene rings is 2. The van der Waals surface area contributed by atoms with Crippen molar-refractivity contribution < 1.29 is 4.79 Å². The number of carbonyl (C=O) groups excluding carboxylic acids is 1. The van der Waals surface area contributed by atoms with Crippen molar-refractivity contribution in [3.63, 3.8) is 0 Å². The van der Waals surface area contributed by atoms with Crippen molar-refractivity contribution in [1.82, 2.24) is 4.98 Å². The number of amides is 1. The Balaban J connectivity index is 2.05. The number of hydrogen-bond acceptors (Lipinski definition) is 1. The van der Waals surface area contributed by atoms with E-state index in [0.717, 1.165) is 22.2 Å². The first-order valence-electron chi connectivity index (χ1n) is 6.58. The van der Waals surface area contributed by atoms with Crippen LogP contribution in [0.1, 0.15) is 15.9 Å². The molecule has 0 aliphatic carbocycles. The number of anilines is 1. The Morgan fingerprint density at radius 2 is 1.85 bits per heavy atom. The van der Waals surface area contributed by atoms with Crippen LogP contribution >= 0.6 is 0 Å². The van der Waals surface area contributed by atoms with Crippen molar-refractivity contribution >= 4 is 22.5 Å². The topological polar surface area (TPSA) is 36.1 Å². The normalized spacial score (nSPS) is 10.7. The molecule has 3 nitrogen and oxygen atoms in total. The van der Waals surface area contributed by atoms with Gasteiger partial charge >= 0.3 is 0 Å². The number of carbonyl (C=O) groups is 1. The Morgan fingerprint density at radius 3 is 2.65 bits per heavy atom. The van der Waals surface area contributed by atoms with Crippen LogP contribution in [0.5, 0.6) is 0 Å². The van der Waals surface area contributed by atoms with Gasteiger partial charge in [0.1, 0.15) is 0 Å². The van der Waals surface area contributed by atoms with Gasteiger partial charge in [-0.1, -0.05) is 30.3 Å². The van der Waals surface area contributed by atoms with Crippen LogP contribution in [0.15, 0.2) is 54.7 Å². The van der Waals surface area contributed by atoms with Crippen LogP contribution in [-0.2, 0) is 0 Å². The van der Waals surface area contributed by atoms with Gasteiger partial charge in [-0.2, -0.15) is 0 Å². The summed E-state index contributed by atoms with van der Waals surface area (Å²) in [6.07, 6.45) is 1.86. The van der Waals surface area contributed by atoms with Gasteiger partial charge in [0.05, 0.1) is 11.1 Å². The lowest BCUT2D eigenvalue weighted by Gasteiger charge is -2.19. The zero-order chi connectivity index (χ0) is 14.1. The van der Waals surface area contributed by atoms with Crippen LogP contribution in [-0.4, -0.2) is 17.9 Å². The minimum atomic E-state index is -0.00708. The monoisotopic (exact) mass is 264 g/mol. The van der Waals surface area contributed by atoms with Gasteiger partial charge < -0.3 is 9.88 Å².